The van der Waals surface area contributed by atoms with Crippen molar-refractivity contribution in [3.63, 3.8) is 0 Å². The van der Waals surface area contributed by atoms with Crippen molar-refractivity contribution in [3.8, 4) is 0 Å². The van der Waals surface area contributed by atoms with Crippen molar-refractivity contribution in [2.45, 2.75) is 43.5 Å². The minimum absolute atomic E-state index is 0.0439. The van der Waals surface area contributed by atoms with E-state index in [1.54, 1.807) is 18.2 Å². The van der Waals surface area contributed by atoms with E-state index in [-0.39, 0.29) is 5.91 Å². The van der Waals surface area contributed by atoms with Crippen molar-refractivity contribution in [2.75, 3.05) is 6.54 Å². The molecule has 0 N–H and O–H groups in total. The number of likely N-dealkylation sites (tertiary alicyclic amines) is 1. The van der Waals surface area contributed by atoms with Gasteiger partial charge in [-0.25, -0.2) is 0 Å². The zero-order valence-electron chi connectivity index (χ0n) is 10.5. The van der Waals surface area contributed by atoms with Gasteiger partial charge in [-0.15, -0.1) is 12.6 Å². The van der Waals surface area contributed by atoms with Gasteiger partial charge in [0, 0.05) is 17.5 Å². The maximum Gasteiger partial charge on any atom is 0.255 e. The second-order valence-electron chi connectivity index (χ2n) is 4.72. The molecule has 0 aliphatic carbocycles. The zero-order valence-corrected chi connectivity index (χ0v) is 12.2. The van der Waals surface area contributed by atoms with Crippen LogP contribution in [-0.2, 0) is 0 Å². The van der Waals surface area contributed by atoms with E-state index in [9.17, 15) is 4.79 Å². The number of piperidine rings is 1. The monoisotopic (exact) mass is 283 g/mol. The quantitative estimate of drug-likeness (QED) is 0.813. The number of thiol groups is 1. The number of nitrogens with zero attached hydrogens (tertiary/aromatic N) is 1. The van der Waals surface area contributed by atoms with Gasteiger partial charge in [0.1, 0.15) is 0 Å². The molecule has 1 fully saturated rings. The summed E-state index contributed by atoms with van der Waals surface area (Å²) < 4.78 is 0. The summed E-state index contributed by atoms with van der Waals surface area (Å²) in [5, 5.41) is 0.512. The first-order valence-electron chi connectivity index (χ1n) is 6.43. The Kier molecular flexibility index (Phi) is 4.57. The van der Waals surface area contributed by atoms with Gasteiger partial charge in [-0.2, -0.15) is 0 Å². The Hall–Kier alpha value is -0.670. The molecule has 0 aromatic heterocycles. The summed E-state index contributed by atoms with van der Waals surface area (Å²) in [6.45, 7) is 2.97. The van der Waals surface area contributed by atoms with E-state index in [1.807, 2.05) is 4.90 Å². The highest BCUT2D eigenvalue weighted by Gasteiger charge is 2.27. The summed E-state index contributed by atoms with van der Waals surface area (Å²) in [7, 11) is 0. The molecule has 1 amide bonds. The summed E-state index contributed by atoms with van der Waals surface area (Å²) in [5.74, 6) is 0.0439. The fraction of sp³-hybridized carbons (Fsp3) is 0.500. The van der Waals surface area contributed by atoms with Gasteiger partial charge >= 0.3 is 0 Å². The molecule has 2 nitrogen and oxygen atoms in total. The SMILES string of the molecule is CCC1CCCCN1C(=O)c1cc(S)ccc1Cl. The second kappa shape index (κ2) is 5.98. The number of carbonyl (C=O) groups is 1. The van der Waals surface area contributed by atoms with Crippen molar-refractivity contribution in [2.24, 2.45) is 0 Å². The van der Waals surface area contributed by atoms with Crippen LogP contribution in [0.3, 0.4) is 0 Å². The molecule has 0 spiro atoms. The maximum atomic E-state index is 12.5. The molecule has 1 aliphatic heterocycles. The molecule has 1 unspecified atom stereocenters. The molecule has 0 saturated carbocycles. The number of amides is 1. The highest BCUT2D eigenvalue weighted by atomic mass is 35.5. The van der Waals surface area contributed by atoms with Crippen LogP contribution in [0.4, 0.5) is 0 Å². The smallest absolute Gasteiger partial charge is 0.255 e. The van der Waals surface area contributed by atoms with Gasteiger partial charge in [-0.05, 0) is 43.9 Å². The number of rotatable bonds is 2. The predicted molar refractivity (Wildman–Crippen MR) is 77.7 cm³/mol. The Morgan fingerprint density at radius 3 is 3.00 bits per heavy atom. The van der Waals surface area contributed by atoms with Gasteiger partial charge in [0.25, 0.3) is 5.91 Å². The van der Waals surface area contributed by atoms with Crippen LogP contribution in [-0.4, -0.2) is 23.4 Å². The first kappa shape index (κ1) is 13.8. The van der Waals surface area contributed by atoms with Crippen LogP contribution < -0.4 is 0 Å². The highest BCUT2D eigenvalue weighted by molar-refractivity contribution is 7.80. The summed E-state index contributed by atoms with van der Waals surface area (Å²) >= 11 is 10.4. The van der Waals surface area contributed by atoms with Crippen molar-refractivity contribution >= 4 is 30.1 Å². The van der Waals surface area contributed by atoms with E-state index in [0.717, 1.165) is 30.7 Å². The van der Waals surface area contributed by atoms with Gasteiger partial charge in [-0.3, -0.25) is 4.79 Å². The van der Waals surface area contributed by atoms with Gasteiger partial charge in [0.15, 0.2) is 0 Å². The third kappa shape index (κ3) is 2.83. The van der Waals surface area contributed by atoms with E-state index in [2.05, 4.69) is 19.6 Å². The first-order chi connectivity index (χ1) is 8.63. The lowest BCUT2D eigenvalue weighted by molar-refractivity contribution is 0.0608. The largest absolute Gasteiger partial charge is 0.336 e. The van der Waals surface area contributed by atoms with Crippen molar-refractivity contribution in [3.05, 3.63) is 28.8 Å². The lowest BCUT2D eigenvalue weighted by atomic mass is 9.99. The van der Waals surface area contributed by atoms with Crippen LogP contribution in [0.2, 0.25) is 5.02 Å². The van der Waals surface area contributed by atoms with Crippen LogP contribution in [0, 0.1) is 0 Å². The van der Waals surface area contributed by atoms with Crippen molar-refractivity contribution in [1.29, 1.82) is 0 Å². The lowest BCUT2D eigenvalue weighted by Crippen LogP contribution is -2.43. The normalized spacial score (nSPS) is 19.9. The fourth-order valence-electron chi connectivity index (χ4n) is 2.52. The van der Waals surface area contributed by atoms with E-state index >= 15 is 0 Å². The molecule has 18 heavy (non-hydrogen) atoms. The minimum atomic E-state index is 0.0439. The molecule has 1 saturated heterocycles. The summed E-state index contributed by atoms with van der Waals surface area (Å²) in [6, 6.07) is 5.65. The van der Waals surface area contributed by atoms with Gasteiger partial charge in [-0.1, -0.05) is 18.5 Å². The van der Waals surface area contributed by atoms with E-state index < -0.39 is 0 Å². The third-order valence-corrected chi connectivity index (χ3v) is 4.15. The number of halogens is 1. The predicted octanol–water partition coefficient (Wildman–Crippen LogP) is 4.03. The van der Waals surface area contributed by atoms with Gasteiger partial charge < -0.3 is 4.90 Å². The molecule has 4 heteroatoms. The molecule has 1 atom stereocenters. The fourth-order valence-corrected chi connectivity index (χ4v) is 2.93. The van der Waals surface area contributed by atoms with E-state index in [4.69, 9.17) is 11.6 Å². The molecule has 1 aromatic rings. The lowest BCUT2D eigenvalue weighted by Gasteiger charge is -2.35. The van der Waals surface area contributed by atoms with Gasteiger partial charge in [0.05, 0.1) is 10.6 Å². The molecule has 0 radical (unpaired) electrons. The number of hydrogen-bond acceptors (Lipinski definition) is 2. The Morgan fingerprint density at radius 2 is 2.28 bits per heavy atom. The summed E-state index contributed by atoms with van der Waals surface area (Å²) in [4.78, 5) is 15.3. The first-order valence-corrected chi connectivity index (χ1v) is 7.25. The van der Waals surface area contributed by atoms with Crippen LogP contribution in [0.5, 0.6) is 0 Å². The molecular formula is C14H18ClNOS. The Balaban J connectivity index is 2.26. The summed E-state index contributed by atoms with van der Waals surface area (Å²) in [6.07, 6.45) is 4.40. The molecule has 1 heterocycles. The zero-order chi connectivity index (χ0) is 13.1. The topological polar surface area (TPSA) is 20.3 Å². The van der Waals surface area contributed by atoms with E-state index in [0.29, 0.717) is 16.6 Å². The highest BCUT2D eigenvalue weighted by Crippen LogP contribution is 2.26. The van der Waals surface area contributed by atoms with Crippen LogP contribution in [0.25, 0.3) is 0 Å². The molecule has 1 aliphatic rings. The van der Waals surface area contributed by atoms with Crippen LogP contribution in [0.15, 0.2) is 23.1 Å². The van der Waals surface area contributed by atoms with E-state index in [1.165, 1.54) is 6.42 Å². The Labute approximate surface area is 119 Å². The molecular weight excluding hydrogens is 266 g/mol. The molecule has 0 bridgehead atoms. The number of carbonyl (C=O) groups excluding carboxylic acids is 1. The average Bonchev–Trinajstić information content (AvgIpc) is 2.40. The maximum absolute atomic E-state index is 12.5. The molecule has 1 aromatic carbocycles. The molecule has 98 valence electrons. The Bertz CT molecular complexity index is 449. The third-order valence-electron chi connectivity index (χ3n) is 3.54. The minimum Gasteiger partial charge on any atom is -0.336 e. The average molecular weight is 284 g/mol. The number of hydrogen-bond donors (Lipinski definition) is 1. The second-order valence-corrected chi connectivity index (χ2v) is 5.64. The molecule has 2 rings (SSSR count). The standard InChI is InChI=1S/C14H18ClNOS/c1-2-10-5-3-4-8-16(10)14(17)12-9-11(18)6-7-13(12)15/h6-7,9-10,18H,2-5,8H2,1H3. The number of benzene rings is 1. The van der Waals surface area contributed by atoms with Gasteiger partial charge in [0.2, 0.25) is 0 Å². The van der Waals surface area contributed by atoms with Crippen molar-refractivity contribution < 1.29 is 4.79 Å². The summed E-state index contributed by atoms with van der Waals surface area (Å²) in [5.41, 5.74) is 0.574. The Morgan fingerprint density at radius 1 is 1.50 bits per heavy atom. The van der Waals surface area contributed by atoms with Crippen LogP contribution in [0.1, 0.15) is 43.0 Å². The van der Waals surface area contributed by atoms with Crippen molar-refractivity contribution in [1.82, 2.24) is 4.90 Å². The van der Waals surface area contributed by atoms with Crippen LogP contribution >= 0.6 is 24.2 Å².